The van der Waals surface area contributed by atoms with Crippen LogP contribution in [0.15, 0.2) is 4.52 Å². The zero-order valence-corrected chi connectivity index (χ0v) is 10.5. The summed E-state index contributed by atoms with van der Waals surface area (Å²) in [6, 6.07) is 0. The molecule has 0 amide bonds. The Bertz CT molecular complexity index is 399. The molecular formula is C13H21N3O. The van der Waals surface area contributed by atoms with Crippen molar-refractivity contribution < 1.29 is 4.52 Å². The van der Waals surface area contributed by atoms with Gasteiger partial charge in [-0.15, -0.1) is 0 Å². The van der Waals surface area contributed by atoms with Gasteiger partial charge in [-0.25, -0.2) is 0 Å². The van der Waals surface area contributed by atoms with Crippen molar-refractivity contribution in [1.82, 2.24) is 10.1 Å². The molecule has 1 aromatic rings. The van der Waals surface area contributed by atoms with Gasteiger partial charge in [0.15, 0.2) is 5.82 Å². The summed E-state index contributed by atoms with van der Waals surface area (Å²) in [5, 5.41) is 4.12. The van der Waals surface area contributed by atoms with E-state index in [1.54, 1.807) is 0 Å². The van der Waals surface area contributed by atoms with Crippen LogP contribution in [0.3, 0.4) is 0 Å². The smallest absolute Gasteiger partial charge is 0.246 e. The predicted molar refractivity (Wildman–Crippen MR) is 64.4 cm³/mol. The van der Waals surface area contributed by atoms with E-state index in [1.807, 2.05) is 0 Å². The maximum Gasteiger partial charge on any atom is 0.246 e. The number of rotatable bonds is 2. The lowest BCUT2D eigenvalue weighted by Crippen LogP contribution is -2.41. The van der Waals surface area contributed by atoms with Crippen LogP contribution in [0.2, 0.25) is 0 Å². The highest BCUT2D eigenvalue weighted by molar-refractivity contribution is 5.07. The van der Waals surface area contributed by atoms with E-state index in [0.29, 0.717) is 17.7 Å². The maximum atomic E-state index is 6.45. The summed E-state index contributed by atoms with van der Waals surface area (Å²) in [5.74, 6) is 2.74. The van der Waals surface area contributed by atoms with Gasteiger partial charge in [0, 0.05) is 5.92 Å². The Labute approximate surface area is 102 Å². The zero-order chi connectivity index (χ0) is 11.9. The molecule has 0 radical (unpaired) electrons. The van der Waals surface area contributed by atoms with Crippen LogP contribution >= 0.6 is 0 Å². The van der Waals surface area contributed by atoms with Crippen molar-refractivity contribution in [3.05, 3.63) is 11.7 Å². The monoisotopic (exact) mass is 235 g/mol. The Morgan fingerprint density at radius 3 is 2.76 bits per heavy atom. The summed E-state index contributed by atoms with van der Waals surface area (Å²) in [5.41, 5.74) is 6.08. The van der Waals surface area contributed by atoms with Crippen LogP contribution in [-0.4, -0.2) is 10.1 Å². The number of nitrogens with two attached hydrogens (primary N) is 1. The normalized spacial score (nSPS) is 34.6. The third-order valence-electron chi connectivity index (χ3n) is 4.37. The van der Waals surface area contributed by atoms with Gasteiger partial charge in [-0.05, 0) is 31.6 Å². The van der Waals surface area contributed by atoms with Crippen molar-refractivity contribution in [3.63, 3.8) is 0 Å². The first-order valence-corrected chi connectivity index (χ1v) is 6.80. The standard InChI is InChI=1S/C13H21N3O/c1-9-4-3-7-13(14,8-9)12-15-11(16-17-12)10-5-2-6-10/h9-10H,2-8,14H2,1H3. The average molecular weight is 235 g/mol. The highest BCUT2D eigenvalue weighted by atomic mass is 16.5. The fourth-order valence-corrected chi connectivity index (χ4v) is 3.06. The Kier molecular flexibility index (Phi) is 2.69. The van der Waals surface area contributed by atoms with E-state index in [0.717, 1.165) is 18.7 Å². The van der Waals surface area contributed by atoms with Gasteiger partial charge in [0.05, 0.1) is 5.54 Å². The van der Waals surface area contributed by atoms with Crippen molar-refractivity contribution >= 4 is 0 Å². The molecule has 2 atom stereocenters. The van der Waals surface area contributed by atoms with Gasteiger partial charge in [0.2, 0.25) is 5.89 Å². The molecule has 0 bridgehead atoms. The summed E-state index contributed by atoms with van der Waals surface area (Å²) in [7, 11) is 0. The van der Waals surface area contributed by atoms with Gasteiger partial charge >= 0.3 is 0 Å². The molecule has 4 heteroatoms. The topological polar surface area (TPSA) is 64.9 Å². The molecule has 2 aliphatic carbocycles. The van der Waals surface area contributed by atoms with Crippen LogP contribution in [0.25, 0.3) is 0 Å². The first-order valence-electron chi connectivity index (χ1n) is 6.80. The molecule has 2 aliphatic rings. The number of hydrogen-bond donors (Lipinski definition) is 1. The molecule has 3 rings (SSSR count). The summed E-state index contributed by atoms with van der Waals surface area (Å²) in [6.45, 7) is 2.25. The highest BCUT2D eigenvalue weighted by Gasteiger charge is 2.38. The molecule has 17 heavy (non-hydrogen) atoms. The first kappa shape index (κ1) is 11.2. The van der Waals surface area contributed by atoms with E-state index >= 15 is 0 Å². The lowest BCUT2D eigenvalue weighted by atomic mass is 9.77. The second-order valence-electron chi connectivity index (χ2n) is 5.94. The Morgan fingerprint density at radius 2 is 2.12 bits per heavy atom. The molecule has 2 N–H and O–H groups in total. The number of aromatic nitrogens is 2. The molecule has 2 fully saturated rings. The van der Waals surface area contributed by atoms with Gasteiger partial charge in [-0.1, -0.05) is 31.3 Å². The Hall–Kier alpha value is -0.900. The van der Waals surface area contributed by atoms with Gasteiger partial charge in [0.1, 0.15) is 0 Å². The molecule has 0 aromatic carbocycles. The SMILES string of the molecule is CC1CCCC(N)(c2nc(C3CCC3)no2)C1. The number of hydrogen-bond acceptors (Lipinski definition) is 4. The summed E-state index contributed by atoms with van der Waals surface area (Å²) >= 11 is 0. The summed E-state index contributed by atoms with van der Waals surface area (Å²) in [6.07, 6.45) is 8.07. The lowest BCUT2D eigenvalue weighted by Gasteiger charge is -2.33. The van der Waals surface area contributed by atoms with Crippen molar-refractivity contribution in [1.29, 1.82) is 0 Å². The molecule has 0 spiro atoms. The zero-order valence-electron chi connectivity index (χ0n) is 10.5. The van der Waals surface area contributed by atoms with E-state index < -0.39 is 0 Å². The van der Waals surface area contributed by atoms with Crippen molar-refractivity contribution in [3.8, 4) is 0 Å². The van der Waals surface area contributed by atoms with Crippen molar-refractivity contribution in [2.75, 3.05) is 0 Å². The third kappa shape index (κ3) is 1.99. The van der Waals surface area contributed by atoms with E-state index in [1.165, 1.54) is 32.1 Å². The summed E-state index contributed by atoms with van der Waals surface area (Å²) in [4.78, 5) is 4.56. The van der Waals surface area contributed by atoms with Crippen molar-refractivity contribution in [2.45, 2.75) is 63.3 Å². The fraction of sp³-hybridized carbons (Fsp3) is 0.846. The Balaban J connectivity index is 1.79. The van der Waals surface area contributed by atoms with E-state index in [2.05, 4.69) is 17.1 Å². The fourth-order valence-electron chi connectivity index (χ4n) is 3.06. The molecule has 4 nitrogen and oxygen atoms in total. The molecule has 1 aromatic heterocycles. The van der Waals surface area contributed by atoms with Crippen LogP contribution in [-0.2, 0) is 5.54 Å². The van der Waals surface area contributed by atoms with Crippen LogP contribution in [0, 0.1) is 5.92 Å². The molecule has 2 saturated carbocycles. The highest BCUT2D eigenvalue weighted by Crippen LogP contribution is 2.39. The molecular weight excluding hydrogens is 214 g/mol. The van der Waals surface area contributed by atoms with Crippen LogP contribution in [0.1, 0.15) is 69.5 Å². The lowest BCUT2D eigenvalue weighted by molar-refractivity contribution is 0.183. The molecule has 1 heterocycles. The van der Waals surface area contributed by atoms with E-state index in [4.69, 9.17) is 10.3 Å². The molecule has 0 saturated heterocycles. The second kappa shape index (κ2) is 4.09. The van der Waals surface area contributed by atoms with Gasteiger partial charge in [-0.3, -0.25) is 0 Å². The second-order valence-corrected chi connectivity index (χ2v) is 5.94. The first-order chi connectivity index (χ1) is 8.17. The predicted octanol–water partition coefficient (Wildman–Crippen LogP) is 2.70. The minimum absolute atomic E-state index is 0.368. The minimum atomic E-state index is -0.368. The third-order valence-corrected chi connectivity index (χ3v) is 4.37. The minimum Gasteiger partial charge on any atom is -0.337 e. The summed E-state index contributed by atoms with van der Waals surface area (Å²) < 4.78 is 5.43. The van der Waals surface area contributed by atoms with Gasteiger partial charge in [-0.2, -0.15) is 4.98 Å². The number of nitrogens with zero attached hydrogens (tertiary/aromatic N) is 2. The van der Waals surface area contributed by atoms with Crippen LogP contribution in [0.4, 0.5) is 0 Å². The Morgan fingerprint density at radius 1 is 1.29 bits per heavy atom. The van der Waals surface area contributed by atoms with Crippen LogP contribution in [0.5, 0.6) is 0 Å². The molecule has 94 valence electrons. The van der Waals surface area contributed by atoms with E-state index in [9.17, 15) is 0 Å². The molecule has 0 aliphatic heterocycles. The largest absolute Gasteiger partial charge is 0.337 e. The quantitative estimate of drug-likeness (QED) is 0.856. The van der Waals surface area contributed by atoms with Gasteiger partial charge < -0.3 is 10.3 Å². The molecule has 2 unspecified atom stereocenters. The van der Waals surface area contributed by atoms with E-state index in [-0.39, 0.29) is 5.54 Å². The van der Waals surface area contributed by atoms with Crippen molar-refractivity contribution in [2.24, 2.45) is 11.7 Å². The average Bonchev–Trinajstić information content (AvgIpc) is 2.64. The maximum absolute atomic E-state index is 6.45. The van der Waals surface area contributed by atoms with Crippen LogP contribution < -0.4 is 5.73 Å². The van der Waals surface area contributed by atoms with Gasteiger partial charge in [0.25, 0.3) is 0 Å².